The standard InChI is InChI=1S/C17H20N4O5/c1-11(26-13-4-3-5-18-6-13)16(23)21-8-17(24,9-21)12(2)20-15(22)14-7-25-10-19-14/h3-7,10-12,24H,8-9H2,1-2H3,(H,20,22). The number of nitrogens with one attached hydrogen (secondary N) is 1. The first-order valence-corrected chi connectivity index (χ1v) is 8.16. The van der Waals surface area contributed by atoms with Gasteiger partial charge in [0.1, 0.15) is 17.6 Å². The van der Waals surface area contributed by atoms with Crippen molar-refractivity contribution in [3.63, 3.8) is 0 Å². The fourth-order valence-electron chi connectivity index (χ4n) is 2.70. The van der Waals surface area contributed by atoms with Crippen LogP contribution in [0.15, 0.2) is 41.6 Å². The summed E-state index contributed by atoms with van der Waals surface area (Å²) >= 11 is 0. The van der Waals surface area contributed by atoms with Crippen molar-refractivity contribution in [2.75, 3.05) is 13.1 Å². The van der Waals surface area contributed by atoms with Crippen molar-refractivity contribution in [2.24, 2.45) is 0 Å². The summed E-state index contributed by atoms with van der Waals surface area (Å²) < 4.78 is 10.3. The van der Waals surface area contributed by atoms with Crippen LogP contribution in [0.5, 0.6) is 5.75 Å². The molecule has 3 rings (SSSR count). The normalized spacial score (nSPS) is 17.7. The molecule has 0 radical (unpaired) electrons. The van der Waals surface area contributed by atoms with E-state index in [1.165, 1.54) is 17.4 Å². The van der Waals surface area contributed by atoms with Gasteiger partial charge in [-0.2, -0.15) is 0 Å². The van der Waals surface area contributed by atoms with Crippen molar-refractivity contribution in [1.82, 2.24) is 20.2 Å². The quantitative estimate of drug-likeness (QED) is 0.757. The van der Waals surface area contributed by atoms with Crippen LogP contribution in [0.3, 0.4) is 0 Å². The molecular formula is C17H20N4O5. The Labute approximate surface area is 150 Å². The second-order valence-electron chi connectivity index (χ2n) is 6.32. The summed E-state index contributed by atoms with van der Waals surface area (Å²) in [4.78, 5) is 33.6. The van der Waals surface area contributed by atoms with E-state index in [2.05, 4.69) is 15.3 Å². The van der Waals surface area contributed by atoms with Crippen LogP contribution < -0.4 is 10.1 Å². The average molecular weight is 360 g/mol. The number of oxazole rings is 1. The van der Waals surface area contributed by atoms with E-state index >= 15 is 0 Å². The maximum Gasteiger partial charge on any atom is 0.273 e. The van der Waals surface area contributed by atoms with Gasteiger partial charge in [0.2, 0.25) is 0 Å². The van der Waals surface area contributed by atoms with Gasteiger partial charge in [-0.25, -0.2) is 4.98 Å². The second-order valence-corrected chi connectivity index (χ2v) is 6.32. The SMILES string of the molecule is CC(Oc1cccnc1)C(=O)N1CC(O)(C(C)NC(=O)c2cocn2)C1. The van der Waals surface area contributed by atoms with E-state index in [4.69, 9.17) is 9.15 Å². The molecule has 26 heavy (non-hydrogen) atoms. The molecule has 9 heteroatoms. The number of β-amino-alcohol motifs (C(OH)–C–C–N with tert-alkyl or cyclic N) is 1. The zero-order chi connectivity index (χ0) is 18.7. The molecule has 0 bridgehead atoms. The minimum Gasteiger partial charge on any atom is -0.479 e. The van der Waals surface area contributed by atoms with Gasteiger partial charge in [0, 0.05) is 6.20 Å². The zero-order valence-corrected chi connectivity index (χ0v) is 14.5. The van der Waals surface area contributed by atoms with Crippen molar-refractivity contribution >= 4 is 11.8 Å². The third kappa shape index (κ3) is 3.67. The number of carbonyl (C=O) groups is 2. The molecule has 138 valence electrons. The van der Waals surface area contributed by atoms with Crippen LogP contribution >= 0.6 is 0 Å². The molecular weight excluding hydrogens is 340 g/mol. The summed E-state index contributed by atoms with van der Waals surface area (Å²) in [5, 5.41) is 13.3. The van der Waals surface area contributed by atoms with Gasteiger partial charge in [-0.1, -0.05) is 0 Å². The Morgan fingerprint density at radius 2 is 2.19 bits per heavy atom. The molecule has 2 aromatic heterocycles. The van der Waals surface area contributed by atoms with Gasteiger partial charge in [0.15, 0.2) is 18.2 Å². The summed E-state index contributed by atoms with van der Waals surface area (Å²) in [5.74, 6) is -0.191. The Morgan fingerprint density at radius 3 is 2.81 bits per heavy atom. The molecule has 2 aromatic rings. The van der Waals surface area contributed by atoms with Gasteiger partial charge in [0.25, 0.3) is 11.8 Å². The van der Waals surface area contributed by atoms with E-state index in [1.807, 2.05) is 0 Å². The highest BCUT2D eigenvalue weighted by molar-refractivity contribution is 5.92. The average Bonchev–Trinajstić information content (AvgIpc) is 3.13. The smallest absolute Gasteiger partial charge is 0.273 e. The van der Waals surface area contributed by atoms with E-state index in [0.29, 0.717) is 5.75 Å². The van der Waals surface area contributed by atoms with Crippen LogP contribution in [0.25, 0.3) is 0 Å². The largest absolute Gasteiger partial charge is 0.479 e. The zero-order valence-electron chi connectivity index (χ0n) is 14.5. The van der Waals surface area contributed by atoms with Crippen molar-refractivity contribution < 1.29 is 23.8 Å². The number of likely N-dealkylation sites (tertiary alicyclic amines) is 1. The van der Waals surface area contributed by atoms with E-state index in [1.54, 1.807) is 32.2 Å². The Morgan fingerprint density at radius 1 is 1.42 bits per heavy atom. The second kappa shape index (κ2) is 7.12. The lowest BCUT2D eigenvalue weighted by Gasteiger charge is -2.50. The molecule has 3 heterocycles. The lowest BCUT2D eigenvalue weighted by molar-refractivity contribution is -0.165. The number of amides is 2. The van der Waals surface area contributed by atoms with Crippen LogP contribution in [0.4, 0.5) is 0 Å². The number of aromatic nitrogens is 2. The van der Waals surface area contributed by atoms with Crippen LogP contribution in [-0.2, 0) is 4.79 Å². The lowest BCUT2D eigenvalue weighted by atomic mass is 9.86. The predicted octanol–water partition coefficient (Wildman–Crippen LogP) is 0.229. The number of carbonyl (C=O) groups excluding carboxylic acids is 2. The summed E-state index contributed by atoms with van der Waals surface area (Å²) in [6.45, 7) is 3.53. The van der Waals surface area contributed by atoms with Gasteiger partial charge < -0.3 is 24.5 Å². The fourth-order valence-corrected chi connectivity index (χ4v) is 2.70. The molecule has 2 amide bonds. The molecule has 9 nitrogen and oxygen atoms in total. The first-order chi connectivity index (χ1) is 12.4. The van der Waals surface area contributed by atoms with E-state index in [0.717, 1.165) is 6.39 Å². The minimum atomic E-state index is -1.21. The monoisotopic (exact) mass is 360 g/mol. The van der Waals surface area contributed by atoms with Gasteiger partial charge >= 0.3 is 0 Å². The number of nitrogens with zero attached hydrogens (tertiary/aromatic N) is 3. The number of aliphatic hydroxyl groups is 1. The van der Waals surface area contributed by atoms with Crippen molar-refractivity contribution in [1.29, 1.82) is 0 Å². The fraction of sp³-hybridized carbons (Fsp3) is 0.412. The van der Waals surface area contributed by atoms with Crippen LogP contribution in [0, 0.1) is 0 Å². The minimum absolute atomic E-state index is 0.104. The Kier molecular flexibility index (Phi) is 4.90. The highest BCUT2D eigenvalue weighted by Gasteiger charge is 2.49. The molecule has 1 fully saturated rings. The van der Waals surface area contributed by atoms with E-state index in [9.17, 15) is 14.7 Å². The Hall–Kier alpha value is -2.94. The van der Waals surface area contributed by atoms with Gasteiger partial charge in [-0.15, -0.1) is 0 Å². The van der Waals surface area contributed by atoms with Crippen LogP contribution in [-0.4, -0.2) is 62.6 Å². The Balaban J connectivity index is 1.51. The Bertz CT molecular complexity index is 759. The van der Waals surface area contributed by atoms with Crippen molar-refractivity contribution in [3.8, 4) is 5.75 Å². The van der Waals surface area contributed by atoms with E-state index in [-0.39, 0.29) is 24.7 Å². The number of pyridine rings is 1. The molecule has 2 N–H and O–H groups in total. The highest BCUT2D eigenvalue weighted by atomic mass is 16.5. The summed E-state index contributed by atoms with van der Waals surface area (Å²) in [6.07, 6.45) is 4.81. The number of rotatable bonds is 6. The summed E-state index contributed by atoms with van der Waals surface area (Å²) in [7, 11) is 0. The number of ether oxygens (including phenoxy) is 1. The first-order valence-electron chi connectivity index (χ1n) is 8.16. The number of hydrogen-bond acceptors (Lipinski definition) is 7. The molecule has 0 saturated carbocycles. The van der Waals surface area contributed by atoms with Crippen LogP contribution in [0.2, 0.25) is 0 Å². The molecule has 1 saturated heterocycles. The summed E-state index contributed by atoms with van der Waals surface area (Å²) in [5.41, 5.74) is -1.07. The van der Waals surface area contributed by atoms with E-state index < -0.39 is 23.7 Å². The first kappa shape index (κ1) is 17.9. The van der Waals surface area contributed by atoms with Gasteiger partial charge in [-0.3, -0.25) is 14.6 Å². The maximum atomic E-state index is 12.4. The molecule has 1 aliphatic rings. The van der Waals surface area contributed by atoms with Gasteiger partial charge in [-0.05, 0) is 26.0 Å². The molecule has 0 aliphatic carbocycles. The molecule has 1 aliphatic heterocycles. The molecule has 0 spiro atoms. The number of hydrogen-bond donors (Lipinski definition) is 2. The third-order valence-electron chi connectivity index (χ3n) is 4.35. The molecule has 2 unspecified atom stereocenters. The lowest BCUT2D eigenvalue weighted by Crippen LogP contribution is -2.72. The molecule has 2 atom stereocenters. The maximum absolute atomic E-state index is 12.4. The van der Waals surface area contributed by atoms with Crippen molar-refractivity contribution in [3.05, 3.63) is 42.9 Å². The third-order valence-corrected chi connectivity index (χ3v) is 4.35. The topological polar surface area (TPSA) is 118 Å². The summed E-state index contributed by atoms with van der Waals surface area (Å²) in [6, 6.07) is 2.86. The highest BCUT2D eigenvalue weighted by Crippen LogP contribution is 2.26. The van der Waals surface area contributed by atoms with Crippen molar-refractivity contribution in [2.45, 2.75) is 31.6 Å². The van der Waals surface area contributed by atoms with Gasteiger partial charge in [0.05, 0.1) is 25.3 Å². The van der Waals surface area contributed by atoms with Crippen LogP contribution in [0.1, 0.15) is 24.3 Å². The molecule has 0 aromatic carbocycles. The predicted molar refractivity (Wildman–Crippen MR) is 89.3 cm³/mol.